The number of amides is 1. The first-order chi connectivity index (χ1) is 16.1. The Morgan fingerprint density at radius 3 is 2.41 bits per heavy atom. The molecule has 1 amide bonds. The van der Waals surface area contributed by atoms with Crippen molar-refractivity contribution in [2.24, 2.45) is 0 Å². The Labute approximate surface area is 193 Å². The number of aryl methyl sites for hydroxylation is 2. The summed E-state index contributed by atoms with van der Waals surface area (Å²) in [6.45, 7) is 3.69. The van der Waals surface area contributed by atoms with Crippen molar-refractivity contribution in [3.8, 4) is 5.75 Å². The summed E-state index contributed by atoms with van der Waals surface area (Å²) in [7, 11) is 0. The zero-order chi connectivity index (χ0) is 24.7. The fourth-order valence-electron chi connectivity index (χ4n) is 3.94. The van der Waals surface area contributed by atoms with Gasteiger partial charge in [-0.2, -0.15) is 0 Å². The van der Waals surface area contributed by atoms with Gasteiger partial charge in [0.2, 0.25) is 0 Å². The van der Waals surface area contributed by atoms with Crippen LogP contribution in [0.2, 0.25) is 0 Å². The molecule has 34 heavy (non-hydrogen) atoms. The number of nitrogens with zero attached hydrogens (tertiary/aromatic N) is 2. The Morgan fingerprint density at radius 2 is 1.76 bits per heavy atom. The van der Waals surface area contributed by atoms with E-state index in [4.69, 9.17) is 0 Å². The number of ketones is 1. The van der Waals surface area contributed by atoms with Gasteiger partial charge in [0.1, 0.15) is 11.6 Å². The molecule has 1 aliphatic rings. The average molecular weight is 462 g/mol. The maximum Gasteiger partial charge on any atom is 0.311 e. The monoisotopic (exact) mass is 462 g/mol. The fourth-order valence-corrected chi connectivity index (χ4v) is 3.94. The molecule has 0 saturated carbocycles. The van der Waals surface area contributed by atoms with E-state index in [0.29, 0.717) is 0 Å². The Bertz CT molecular complexity index is 1400. The number of rotatable bonds is 4. The first kappa shape index (κ1) is 22.7. The molecule has 172 valence electrons. The molecule has 3 aromatic carbocycles. The maximum atomic E-state index is 14.0. The number of carbonyl (C=O) groups is 2. The largest absolute Gasteiger partial charge is 0.507 e. The quantitative estimate of drug-likeness (QED) is 0.191. The highest BCUT2D eigenvalue weighted by molar-refractivity contribution is 6.51. The second kappa shape index (κ2) is 8.43. The molecular formula is C25H19FN2O6. The van der Waals surface area contributed by atoms with Crippen LogP contribution in [0.3, 0.4) is 0 Å². The van der Waals surface area contributed by atoms with Gasteiger partial charge in [0.05, 0.1) is 16.5 Å². The topological polar surface area (TPSA) is 121 Å². The third-order valence-electron chi connectivity index (χ3n) is 5.82. The van der Waals surface area contributed by atoms with Crippen LogP contribution in [0.1, 0.15) is 28.3 Å². The third kappa shape index (κ3) is 3.77. The minimum atomic E-state index is -1.30. The number of carbonyl (C=O) groups excluding carboxylic acids is 2. The van der Waals surface area contributed by atoms with Gasteiger partial charge in [0.15, 0.2) is 5.75 Å². The van der Waals surface area contributed by atoms with E-state index in [0.717, 1.165) is 40.3 Å². The Balaban J connectivity index is 2.00. The summed E-state index contributed by atoms with van der Waals surface area (Å²) in [5, 5.41) is 32.4. The number of hydrogen-bond acceptors (Lipinski definition) is 6. The fraction of sp³-hybridized carbons (Fsp3) is 0.120. The summed E-state index contributed by atoms with van der Waals surface area (Å²) in [6, 6.07) is 12.0. The minimum absolute atomic E-state index is 0.0296. The number of nitro groups is 1. The highest BCUT2D eigenvalue weighted by atomic mass is 19.1. The molecule has 9 heteroatoms. The lowest BCUT2D eigenvalue weighted by atomic mass is 9.93. The molecule has 1 unspecified atom stereocenters. The molecule has 1 heterocycles. The number of phenolic OH excluding ortho intramolecular Hbond substituents is 1. The highest BCUT2D eigenvalue weighted by Crippen LogP contribution is 2.44. The van der Waals surface area contributed by atoms with Gasteiger partial charge in [-0.25, -0.2) is 4.39 Å². The lowest BCUT2D eigenvalue weighted by Gasteiger charge is -2.25. The molecule has 2 N–H and O–H groups in total. The van der Waals surface area contributed by atoms with Crippen LogP contribution >= 0.6 is 0 Å². The molecule has 1 atom stereocenters. The third-order valence-corrected chi connectivity index (χ3v) is 5.82. The SMILES string of the molecule is Cc1ccc(/C(O)=C2/C(=O)C(=O)N(c3cccc(F)c3)C2c2ccc(O)c([N+](=O)[O-])c2)cc1C. The van der Waals surface area contributed by atoms with Crippen LogP contribution < -0.4 is 4.90 Å². The van der Waals surface area contributed by atoms with Gasteiger partial charge in [0, 0.05) is 17.3 Å². The number of anilines is 1. The van der Waals surface area contributed by atoms with Crippen molar-refractivity contribution in [3.05, 3.63) is 104 Å². The summed E-state index contributed by atoms with van der Waals surface area (Å²) in [6.07, 6.45) is 0. The van der Waals surface area contributed by atoms with Crippen LogP contribution in [-0.4, -0.2) is 26.8 Å². The van der Waals surface area contributed by atoms with Crippen molar-refractivity contribution in [2.75, 3.05) is 4.90 Å². The number of hydrogen-bond donors (Lipinski definition) is 2. The van der Waals surface area contributed by atoms with Crippen molar-refractivity contribution >= 4 is 28.8 Å². The molecule has 1 saturated heterocycles. The van der Waals surface area contributed by atoms with E-state index in [1.54, 1.807) is 18.2 Å². The second-order valence-corrected chi connectivity index (χ2v) is 7.95. The zero-order valence-electron chi connectivity index (χ0n) is 18.2. The van der Waals surface area contributed by atoms with E-state index < -0.39 is 45.7 Å². The Kier molecular flexibility index (Phi) is 5.62. The van der Waals surface area contributed by atoms with Crippen LogP contribution in [0.15, 0.2) is 66.2 Å². The van der Waals surface area contributed by atoms with E-state index in [9.17, 15) is 34.3 Å². The number of phenols is 1. The Hall–Kier alpha value is -4.53. The van der Waals surface area contributed by atoms with E-state index in [-0.39, 0.29) is 22.4 Å². The van der Waals surface area contributed by atoms with Gasteiger partial charge in [-0.15, -0.1) is 0 Å². The summed E-state index contributed by atoms with van der Waals surface area (Å²) in [4.78, 5) is 37.8. The predicted molar refractivity (Wildman–Crippen MR) is 122 cm³/mol. The molecule has 8 nitrogen and oxygen atoms in total. The summed E-state index contributed by atoms with van der Waals surface area (Å²) in [5.41, 5.74) is 1.22. The lowest BCUT2D eigenvalue weighted by molar-refractivity contribution is -0.385. The molecule has 4 rings (SSSR count). The van der Waals surface area contributed by atoms with Crippen LogP contribution in [0, 0.1) is 29.8 Å². The lowest BCUT2D eigenvalue weighted by Crippen LogP contribution is -2.29. The number of nitro benzene ring substituents is 1. The molecule has 3 aromatic rings. The van der Waals surface area contributed by atoms with Crippen molar-refractivity contribution in [1.29, 1.82) is 0 Å². The van der Waals surface area contributed by atoms with Gasteiger partial charge in [-0.05, 0) is 60.9 Å². The van der Waals surface area contributed by atoms with E-state index in [1.807, 2.05) is 13.8 Å². The van der Waals surface area contributed by atoms with Crippen molar-refractivity contribution in [1.82, 2.24) is 0 Å². The van der Waals surface area contributed by atoms with E-state index in [1.165, 1.54) is 18.2 Å². The first-order valence-corrected chi connectivity index (χ1v) is 10.2. The number of aromatic hydroxyl groups is 1. The highest BCUT2D eigenvalue weighted by Gasteiger charge is 2.47. The van der Waals surface area contributed by atoms with E-state index >= 15 is 0 Å². The van der Waals surface area contributed by atoms with E-state index in [2.05, 4.69) is 0 Å². The van der Waals surface area contributed by atoms with Crippen molar-refractivity contribution in [3.63, 3.8) is 0 Å². The normalized spacial score (nSPS) is 17.3. The van der Waals surface area contributed by atoms with Gasteiger partial charge < -0.3 is 10.2 Å². The molecule has 0 aliphatic carbocycles. The number of Topliss-reactive ketones (excluding diaryl/α,β-unsaturated/α-hetero) is 1. The van der Waals surface area contributed by atoms with Crippen molar-refractivity contribution in [2.45, 2.75) is 19.9 Å². The maximum absolute atomic E-state index is 14.0. The average Bonchev–Trinajstić information content (AvgIpc) is 3.06. The molecule has 1 aliphatic heterocycles. The van der Waals surface area contributed by atoms with Crippen LogP contribution in [0.5, 0.6) is 5.75 Å². The predicted octanol–water partition coefficient (Wildman–Crippen LogP) is 4.68. The summed E-state index contributed by atoms with van der Waals surface area (Å²) >= 11 is 0. The molecule has 0 bridgehead atoms. The van der Waals surface area contributed by atoms with Crippen molar-refractivity contribution < 1.29 is 29.1 Å². The number of halogens is 1. The van der Waals surface area contributed by atoms with Crippen LogP contribution in [-0.2, 0) is 9.59 Å². The number of aliphatic hydroxyl groups excluding tert-OH is 1. The Morgan fingerprint density at radius 1 is 1.03 bits per heavy atom. The van der Waals surface area contributed by atoms with Gasteiger partial charge >= 0.3 is 5.69 Å². The smallest absolute Gasteiger partial charge is 0.311 e. The van der Waals surface area contributed by atoms with Gasteiger partial charge in [-0.1, -0.05) is 24.3 Å². The van der Waals surface area contributed by atoms with Crippen LogP contribution in [0.4, 0.5) is 15.8 Å². The number of aliphatic hydroxyl groups is 1. The molecule has 0 aromatic heterocycles. The number of benzene rings is 3. The summed E-state index contributed by atoms with van der Waals surface area (Å²) in [5.74, 6) is -3.80. The standard InChI is InChI=1S/C25H19FN2O6/c1-13-6-7-16(10-14(13)2)23(30)21-22(15-8-9-20(29)19(11-15)28(33)34)27(25(32)24(21)31)18-5-3-4-17(26)12-18/h3-12,22,29-30H,1-2H3/b23-21-. The second-order valence-electron chi connectivity index (χ2n) is 7.95. The molecule has 0 spiro atoms. The van der Waals surface area contributed by atoms with Gasteiger partial charge in [0.25, 0.3) is 11.7 Å². The molecular weight excluding hydrogens is 443 g/mol. The molecule has 0 radical (unpaired) electrons. The zero-order valence-corrected chi connectivity index (χ0v) is 18.2. The molecule has 1 fully saturated rings. The summed E-state index contributed by atoms with van der Waals surface area (Å²) < 4.78 is 14.0. The van der Waals surface area contributed by atoms with Gasteiger partial charge in [-0.3, -0.25) is 24.6 Å². The first-order valence-electron chi connectivity index (χ1n) is 10.2. The minimum Gasteiger partial charge on any atom is -0.507 e. The van der Waals surface area contributed by atoms with Crippen LogP contribution in [0.25, 0.3) is 5.76 Å².